The molecule has 0 aromatic heterocycles. The Morgan fingerprint density at radius 1 is 1.39 bits per heavy atom. The number of rotatable bonds is 4. The molecule has 0 unspecified atom stereocenters. The molecule has 1 aliphatic rings. The second-order valence-corrected chi connectivity index (χ2v) is 6.19. The Labute approximate surface area is 110 Å². The fourth-order valence-corrected chi connectivity index (χ4v) is 3.43. The van der Waals surface area contributed by atoms with Crippen LogP contribution in [-0.2, 0) is 10.8 Å². The maximum atomic E-state index is 11.3. The van der Waals surface area contributed by atoms with Crippen LogP contribution in [0.15, 0.2) is 18.2 Å². The molecule has 0 saturated carbocycles. The van der Waals surface area contributed by atoms with Gasteiger partial charge in [-0.2, -0.15) is 0 Å². The van der Waals surface area contributed by atoms with Crippen molar-refractivity contribution in [3.8, 4) is 5.75 Å². The van der Waals surface area contributed by atoms with Crippen LogP contribution in [0.3, 0.4) is 0 Å². The Kier molecular flexibility index (Phi) is 4.47. The summed E-state index contributed by atoms with van der Waals surface area (Å²) in [6.45, 7) is 2.58. The van der Waals surface area contributed by atoms with Crippen molar-refractivity contribution >= 4 is 22.2 Å². The van der Waals surface area contributed by atoms with Gasteiger partial charge in [-0.1, -0.05) is 0 Å². The Bertz CT molecular complexity index is 427. The first-order chi connectivity index (χ1) is 8.67. The molecule has 0 atom stereocenters. The monoisotopic (exact) mass is 268 g/mol. The first-order valence-electron chi connectivity index (χ1n) is 6.32. The Morgan fingerprint density at radius 2 is 2.11 bits per heavy atom. The maximum absolute atomic E-state index is 11.3. The molecule has 1 saturated heterocycles. The average molecular weight is 268 g/mol. The number of nitrogen functional groups attached to an aromatic ring is 1. The van der Waals surface area contributed by atoms with E-state index < -0.39 is 10.8 Å². The second-order valence-electron chi connectivity index (χ2n) is 4.49. The van der Waals surface area contributed by atoms with Gasteiger partial charge in [0, 0.05) is 51.9 Å². The van der Waals surface area contributed by atoms with Crippen molar-refractivity contribution in [2.24, 2.45) is 0 Å². The van der Waals surface area contributed by atoms with Gasteiger partial charge in [0.05, 0.1) is 6.61 Å². The maximum Gasteiger partial charge on any atom is 0.123 e. The molecule has 1 aliphatic heterocycles. The van der Waals surface area contributed by atoms with Crippen molar-refractivity contribution in [3.63, 3.8) is 0 Å². The minimum atomic E-state index is -0.620. The SMILES string of the molecule is CCOc1cc(N)cc(NC2CCS(=O)CC2)c1. The largest absolute Gasteiger partial charge is 0.494 e. The van der Waals surface area contributed by atoms with Crippen LogP contribution in [0, 0.1) is 0 Å². The highest BCUT2D eigenvalue weighted by molar-refractivity contribution is 7.85. The molecule has 0 spiro atoms. The van der Waals surface area contributed by atoms with Gasteiger partial charge in [0.2, 0.25) is 0 Å². The van der Waals surface area contributed by atoms with Crippen LogP contribution in [-0.4, -0.2) is 28.4 Å². The quantitative estimate of drug-likeness (QED) is 0.820. The van der Waals surface area contributed by atoms with Gasteiger partial charge in [-0.25, -0.2) is 0 Å². The van der Waals surface area contributed by atoms with Gasteiger partial charge in [0.15, 0.2) is 0 Å². The van der Waals surface area contributed by atoms with Crippen molar-refractivity contribution in [2.75, 3.05) is 29.2 Å². The Hall–Kier alpha value is -1.23. The minimum absolute atomic E-state index is 0.388. The number of ether oxygens (including phenoxy) is 1. The Morgan fingerprint density at radius 3 is 2.78 bits per heavy atom. The van der Waals surface area contributed by atoms with Crippen LogP contribution in [0.2, 0.25) is 0 Å². The van der Waals surface area contributed by atoms with Crippen LogP contribution < -0.4 is 15.8 Å². The molecule has 0 amide bonds. The predicted octanol–water partition coefficient (Wildman–Crippen LogP) is 1.99. The lowest BCUT2D eigenvalue weighted by molar-refractivity contribution is 0.340. The lowest BCUT2D eigenvalue weighted by Crippen LogP contribution is -2.29. The van der Waals surface area contributed by atoms with Gasteiger partial charge in [0.25, 0.3) is 0 Å². The highest BCUT2D eigenvalue weighted by Gasteiger charge is 2.17. The summed E-state index contributed by atoms with van der Waals surface area (Å²) in [5.41, 5.74) is 7.53. The highest BCUT2D eigenvalue weighted by atomic mass is 32.2. The highest BCUT2D eigenvalue weighted by Crippen LogP contribution is 2.24. The number of hydrogen-bond donors (Lipinski definition) is 2. The molecule has 2 rings (SSSR count). The summed E-state index contributed by atoms with van der Waals surface area (Å²) in [4.78, 5) is 0. The van der Waals surface area contributed by atoms with E-state index in [1.54, 1.807) is 0 Å². The fraction of sp³-hybridized carbons (Fsp3) is 0.538. The summed E-state index contributed by atoms with van der Waals surface area (Å²) in [7, 11) is -0.620. The van der Waals surface area contributed by atoms with Crippen LogP contribution in [0.1, 0.15) is 19.8 Å². The second kappa shape index (κ2) is 6.09. The molecular weight excluding hydrogens is 248 g/mol. The van der Waals surface area contributed by atoms with E-state index in [4.69, 9.17) is 10.5 Å². The van der Waals surface area contributed by atoms with Crippen molar-refractivity contribution in [1.29, 1.82) is 0 Å². The van der Waals surface area contributed by atoms with E-state index in [1.807, 2.05) is 25.1 Å². The van der Waals surface area contributed by atoms with E-state index in [1.165, 1.54) is 0 Å². The van der Waals surface area contributed by atoms with Gasteiger partial charge in [-0.05, 0) is 25.8 Å². The lowest BCUT2D eigenvalue weighted by atomic mass is 10.1. The molecular formula is C13H20N2O2S. The third kappa shape index (κ3) is 3.63. The summed E-state index contributed by atoms with van der Waals surface area (Å²) >= 11 is 0. The number of anilines is 2. The third-order valence-corrected chi connectivity index (χ3v) is 4.38. The number of benzene rings is 1. The fourth-order valence-electron chi connectivity index (χ4n) is 2.13. The zero-order chi connectivity index (χ0) is 13.0. The number of hydrogen-bond acceptors (Lipinski definition) is 4. The lowest BCUT2D eigenvalue weighted by Gasteiger charge is -2.24. The van der Waals surface area contributed by atoms with Gasteiger partial charge < -0.3 is 15.8 Å². The first-order valence-corrected chi connectivity index (χ1v) is 7.81. The summed E-state index contributed by atoms with van der Waals surface area (Å²) in [5, 5.41) is 3.45. The average Bonchev–Trinajstić information content (AvgIpc) is 2.32. The first kappa shape index (κ1) is 13.2. The molecule has 0 bridgehead atoms. The molecule has 0 aliphatic carbocycles. The Balaban J connectivity index is 2.02. The zero-order valence-electron chi connectivity index (χ0n) is 10.6. The molecule has 1 aromatic carbocycles. The third-order valence-electron chi connectivity index (χ3n) is 3.00. The topological polar surface area (TPSA) is 64.3 Å². The molecule has 100 valence electrons. The minimum Gasteiger partial charge on any atom is -0.494 e. The molecule has 3 N–H and O–H groups in total. The van der Waals surface area contributed by atoms with Crippen molar-refractivity contribution in [1.82, 2.24) is 0 Å². The van der Waals surface area contributed by atoms with Gasteiger partial charge >= 0.3 is 0 Å². The standard InChI is InChI=1S/C13H20N2O2S/c1-2-17-13-8-10(14)7-12(9-13)15-11-3-5-18(16)6-4-11/h7-9,11,15H,2-6,14H2,1H3. The van der Waals surface area contributed by atoms with Crippen LogP contribution >= 0.6 is 0 Å². The van der Waals surface area contributed by atoms with E-state index in [-0.39, 0.29) is 0 Å². The number of nitrogens with two attached hydrogens (primary N) is 1. The van der Waals surface area contributed by atoms with Gasteiger partial charge in [-0.15, -0.1) is 0 Å². The number of nitrogens with one attached hydrogen (secondary N) is 1. The van der Waals surface area contributed by atoms with Crippen molar-refractivity contribution in [3.05, 3.63) is 18.2 Å². The van der Waals surface area contributed by atoms with E-state index in [9.17, 15) is 4.21 Å². The normalized spacial score (nSPS) is 23.6. The smallest absolute Gasteiger partial charge is 0.123 e. The summed E-state index contributed by atoms with van der Waals surface area (Å²) in [6, 6.07) is 6.09. The van der Waals surface area contributed by atoms with Gasteiger partial charge in [-0.3, -0.25) is 4.21 Å². The van der Waals surface area contributed by atoms with Crippen LogP contribution in [0.25, 0.3) is 0 Å². The predicted molar refractivity (Wildman–Crippen MR) is 76.5 cm³/mol. The van der Waals surface area contributed by atoms with E-state index in [0.29, 0.717) is 18.3 Å². The molecule has 0 radical (unpaired) electrons. The van der Waals surface area contributed by atoms with Gasteiger partial charge in [0.1, 0.15) is 5.75 Å². The molecule has 1 aromatic rings. The molecule has 4 nitrogen and oxygen atoms in total. The molecule has 18 heavy (non-hydrogen) atoms. The summed E-state index contributed by atoms with van der Waals surface area (Å²) in [6.07, 6.45) is 1.90. The zero-order valence-corrected chi connectivity index (χ0v) is 11.5. The molecule has 1 fully saturated rings. The van der Waals surface area contributed by atoms with E-state index in [0.717, 1.165) is 35.8 Å². The molecule has 5 heteroatoms. The van der Waals surface area contributed by atoms with Crippen molar-refractivity contribution in [2.45, 2.75) is 25.8 Å². The van der Waals surface area contributed by atoms with E-state index in [2.05, 4.69) is 5.32 Å². The van der Waals surface area contributed by atoms with Crippen molar-refractivity contribution < 1.29 is 8.95 Å². The van der Waals surface area contributed by atoms with Crippen LogP contribution in [0.4, 0.5) is 11.4 Å². The molecule has 1 heterocycles. The summed E-state index contributed by atoms with van der Waals surface area (Å²) < 4.78 is 16.8. The van der Waals surface area contributed by atoms with Crippen LogP contribution in [0.5, 0.6) is 5.75 Å². The summed E-state index contributed by atoms with van der Waals surface area (Å²) in [5.74, 6) is 2.37. The van der Waals surface area contributed by atoms with E-state index >= 15 is 0 Å².